The number of nitrogens with zero attached hydrogens (tertiary/aromatic N) is 6. The molecule has 1 amide bonds. The minimum Gasteiger partial charge on any atom is -0.368 e. The molecule has 148 valence electrons. The van der Waals surface area contributed by atoms with Crippen LogP contribution in [-0.2, 0) is 11.2 Å². The molecule has 0 saturated carbocycles. The van der Waals surface area contributed by atoms with Crippen LogP contribution in [0.5, 0.6) is 0 Å². The summed E-state index contributed by atoms with van der Waals surface area (Å²) in [7, 11) is 1.85. The highest BCUT2D eigenvalue weighted by atomic mass is 16.2. The first kappa shape index (κ1) is 18.5. The third-order valence-electron chi connectivity index (χ3n) is 5.73. The van der Waals surface area contributed by atoms with Crippen molar-refractivity contribution in [2.75, 3.05) is 67.6 Å². The van der Waals surface area contributed by atoms with E-state index < -0.39 is 0 Å². The number of carbonyl (C=O) groups excluding carboxylic acids is 1. The van der Waals surface area contributed by atoms with Crippen molar-refractivity contribution in [1.29, 1.82) is 0 Å². The molecule has 2 saturated heterocycles. The monoisotopic (exact) mass is 380 g/mol. The van der Waals surface area contributed by atoms with E-state index in [4.69, 9.17) is 0 Å². The summed E-state index contributed by atoms with van der Waals surface area (Å²) in [6.07, 6.45) is 2.69. The number of piperazine rings is 2. The minimum atomic E-state index is 0.133. The highest BCUT2D eigenvalue weighted by Gasteiger charge is 2.24. The molecule has 2 fully saturated rings. The molecule has 1 aromatic carbocycles. The van der Waals surface area contributed by atoms with Crippen LogP contribution in [0.2, 0.25) is 0 Å². The lowest BCUT2D eigenvalue weighted by molar-refractivity contribution is -0.129. The van der Waals surface area contributed by atoms with Gasteiger partial charge in [-0.15, -0.1) is 0 Å². The predicted molar refractivity (Wildman–Crippen MR) is 112 cm³/mol. The van der Waals surface area contributed by atoms with Gasteiger partial charge in [0.05, 0.1) is 6.54 Å². The molecule has 0 spiro atoms. The van der Waals surface area contributed by atoms with Gasteiger partial charge in [0.25, 0.3) is 0 Å². The Kier molecular flexibility index (Phi) is 5.32. The van der Waals surface area contributed by atoms with E-state index in [1.54, 1.807) is 11.2 Å². The predicted octanol–water partition coefficient (Wildman–Crippen LogP) is 1.64. The number of carbonyl (C=O) groups is 1. The zero-order chi connectivity index (χ0) is 19.5. The third-order valence-corrected chi connectivity index (χ3v) is 5.73. The van der Waals surface area contributed by atoms with Crippen molar-refractivity contribution in [2.24, 2.45) is 0 Å². The summed E-state index contributed by atoms with van der Waals surface area (Å²) in [4.78, 5) is 29.4. The number of aryl methyl sites for hydroxylation is 1. The number of hydrogen-bond acceptors (Lipinski definition) is 6. The molecule has 2 aliphatic rings. The molecule has 7 heteroatoms. The molecule has 7 nitrogen and oxygen atoms in total. The smallest absolute Gasteiger partial charge is 0.241 e. The fourth-order valence-electron chi connectivity index (χ4n) is 3.77. The van der Waals surface area contributed by atoms with Crippen LogP contribution in [0.25, 0.3) is 0 Å². The normalized spacial score (nSPS) is 18.0. The van der Waals surface area contributed by atoms with E-state index in [-0.39, 0.29) is 5.91 Å². The molecule has 0 N–H and O–H groups in total. The summed E-state index contributed by atoms with van der Waals surface area (Å²) in [5, 5.41) is 0. The first-order valence-corrected chi connectivity index (χ1v) is 10.0. The van der Waals surface area contributed by atoms with E-state index in [1.807, 2.05) is 18.0 Å². The average molecular weight is 380 g/mol. The summed E-state index contributed by atoms with van der Waals surface area (Å²) in [6, 6.07) is 10.9. The van der Waals surface area contributed by atoms with Crippen molar-refractivity contribution in [2.45, 2.75) is 13.3 Å². The van der Waals surface area contributed by atoms with E-state index in [2.05, 4.69) is 51.0 Å². The van der Waals surface area contributed by atoms with Gasteiger partial charge in [-0.3, -0.25) is 4.79 Å². The van der Waals surface area contributed by atoms with Gasteiger partial charge in [-0.05, 0) is 24.1 Å². The number of hydrogen-bond donors (Lipinski definition) is 0. The van der Waals surface area contributed by atoms with Crippen molar-refractivity contribution >= 4 is 23.2 Å². The Balaban J connectivity index is 1.40. The van der Waals surface area contributed by atoms with Gasteiger partial charge in [-0.25, -0.2) is 9.97 Å². The second kappa shape index (κ2) is 8.04. The number of benzene rings is 1. The molecule has 0 unspecified atom stereocenters. The maximum absolute atomic E-state index is 12.0. The maximum atomic E-state index is 12.0. The van der Waals surface area contributed by atoms with Gasteiger partial charge in [-0.2, -0.15) is 0 Å². The van der Waals surface area contributed by atoms with E-state index in [0.29, 0.717) is 6.54 Å². The summed E-state index contributed by atoms with van der Waals surface area (Å²) < 4.78 is 0. The molecule has 28 heavy (non-hydrogen) atoms. The van der Waals surface area contributed by atoms with Crippen LogP contribution in [0.3, 0.4) is 0 Å². The van der Waals surface area contributed by atoms with Crippen LogP contribution in [0.15, 0.2) is 36.7 Å². The van der Waals surface area contributed by atoms with Gasteiger partial charge in [0.15, 0.2) is 0 Å². The number of anilines is 3. The van der Waals surface area contributed by atoms with Gasteiger partial charge >= 0.3 is 0 Å². The Bertz CT molecular complexity index is 816. The van der Waals surface area contributed by atoms with Crippen LogP contribution in [0, 0.1) is 0 Å². The third kappa shape index (κ3) is 3.88. The maximum Gasteiger partial charge on any atom is 0.241 e. The molecule has 3 heterocycles. The van der Waals surface area contributed by atoms with E-state index >= 15 is 0 Å². The fourth-order valence-corrected chi connectivity index (χ4v) is 3.77. The van der Waals surface area contributed by atoms with Crippen molar-refractivity contribution in [3.05, 3.63) is 42.2 Å². The van der Waals surface area contributed by atoms with E-state index in [0.717, 1.165) is 57.3 Å². The second-order valence-corrected chi connectivity index (χ2v) is 7.47. The highest BCUT2D eigenvalue weighted by Crippen LogP contribution is 2.22. The number of amides is 1. The van der Waals surface area contributed by atoms with Crippen LogP contribution < -0.4 is 14.7 Å². The molecule has 2 aromatic rings. The Morgan fingerprint density at radius 1 is 0.857 bits per heavy atom. The van der Waals surface area contributed by atoms with Crippen molar-refractivity contribution in [3.8, 4) is 0 Å². The molecule has 0 aliphatic carbocycles. The van der Waals surface area contributed by atoms with Crippen LogP contribution >= 0.6 is 0 Å². The Hall–Kier alpha value is -2.83. The molecular weight excluding hydrogens is 352 g/mol. The summed E-state index contributed by atoms with van der Waals surface area (Å²) in [5.74, 6) is 1.91. The first-order valence-electron chi connectivity index (χ1n) is 10.0. The fraction of sp³-hybridized carbons (Fsp3) is 0.476. The lowest BCUT2D eigenvalue weighted by Crippen LogP contribution is -2.49. The standard InChI is InChI=1S/C21H28N6O/c1-3-17-4-6-18(7-5-17)25-10-12-26(13-11-25)19-14-20(23-16-22-19)27-9-8-24(2)21(28)15-27/h4-7,14,16H,3,8-13,15H2,1-2H3. The molecular formula is C21H28N6O. The van der Waals surface area contributed by atoms with Gasteiger partial charge < -0.3 is 19.6 Å². The molecule has 4 rings (SSSR count). The van der Waals surface area contributed by atoms with Gasteiger partial charge in [0.1, 0.15) is 18.0 Å². The minimum absolute atomic E-state index is 0.133. The zero-order valence-electron chi connectivity index (χ0n) is 16.7. The zero-order valence-corrected chi connectivity index (χ0v) is 16.7. The van der Waals surface area contributed by atoms with Crippen molar-refractivity contribution < 1.29 is 4.79 Å². The highest BCUT2D eigenvalue weighted by molar-refractivity contribution is 5.82. The molecule has 0 atom stereocenters. The Morgan fingerprint density at radius 2 is 1.46 bits per heavy atom. The summed E-state index contributed by atoms with van der Waals surface area (Å²) in [6.45, 7) is 7.89. The SMILES string of the molecule is CCc1ccc(N2CCN(c3cc(N4CCN(C)C(=O)C4)ncn3)CC2)cc1. The second-order valence-electron chi connectivity index (χ2n) is 7.47. The lowest BCUT2D eigenvalue weighted by Gasteiger charge is -2.37. The molecule has 0 radical (unpaired) electrons. The van der Waals surface area contributed by atoms with Crippen molar-refractivity contribution in [3.63, 3.8) is 0 Å². The quantitative estimate of drug-likeness (QED) is 0.804. The van der Waals surface area contributed by atoms with Gasteiger partial charge in [0, 0.05) is 58.1 Å². The molecule has 2 aliphatic heterocycles. The Morgan fingerprint density at radius 3 is 2.11 bits per heavy atom. The van der Waals surface area contributed by atoms with Gasteiger partial charge in [0.2, 0.25) is 5.91 Å². The lowest BCUT2D eigenvalue weighted by atomic mass is 10.1. The first-order chi connectivity index (χ1) is 13.6. The van der Waals surface area contributed by atoms with Crippen LogP contribution in [0.1, 0.15) is 12.5 Å². The summed E-state index contributed by atoms with van der Waals surface area (Å²) in [5.41, 5.74) is 2.66. The Labute approximate surface area is 166 Å². The van der Waals surface area contributed by atoms with Crippen molar-refractivity contribution in [1.82, 2.24) is 14.9 Å². The number of rotatable bonds is 4. The largest absolute Gasteiger partial charge is 0.368 e. The summed E-state index contributed by atoms with van der Waals surface area (Å²) >= 11 is 0. The number of likely N-dealkylation sites (N-methyl/N-ethyl adjacent to an activating group) is 1. The van der Waals surface area contributed by atoms with Gasteiger partial charge in [-0.1, -0.05) is 19.1 Å². The topological polar surface area (TPSA) is 55.8 Å². The van der Waals surface area contributed by atoms with E-state index in [9.17, 15) is 4.79 Å². The molecule has 0 bridgehead atoms. The average Bonchev–Trinajstić information content (AvgIpc) is 2.76. The van der Waals surface area contributed by atoms with E-state index in [1.165, 1.54) is 11.3 Å². The number of aromatic nitrogens is 2. The molecule has 1 aromatic heterocycles. The van der Waals surface area contributed by atoms with Crippen LogP contribution in [-0.4, -0.2) is 73.6 Å². The van der Waals surface area contributed by atoms with Crippen LogP contribution in [0.4, 0.5) is 17.3 Å².